The molecule has 0 aliphatic carbocycles. The number of rotatable bonds is 4. The van der Waals surface area contributed by atoms with Crippen molar-refractivity contribution in [2.75, 3.05) is 0 Å². The molecule has 0 aromatic rings. The Bertz CT molecular complexity index is 349. The Morgan fingerprint density at radius 3 is 2.00 bits per heavy atom. The number of carbonyl (C=O) groups excluding carboxylic acids is 2. The molecule has 0 aromatic heterocycles. The van der Waals surface area contributed by atoms with Crippen LogP contribution in [-0.4, -0.2) is 28.5 Å². The molecule has 2 amide bonds. The van der Waals surface area contributed by atoms with Crippen LogP contribution in [0, 0.1) is 10.8 Å². The minimum atomic E-state index is -0.571. The van der Waals surface area contributed by atoms with Crippen LogP contribution in [0.25, 0.3) is 0 Å². The third kappa shape index (κ3) is 2.38. The van der Waals surface area contributed by atoms with Crippen molar-refractivity contribution in [3.63, 3.8) is 0 Å². The van der Waals surface area contributed by atoms with Gasteiger partial charge in [0, 0.05) is 29.3 Å². The van der Waals surface area contributed by atoms with Gasteiger partial charge in [0.15, 0.2) is 0 Å². The third-order valence-corrected chi connectivity index (χ3v) is 2.69. The highest BCUT2D eigenvalue weighted by Crippen LogP contribution is 2.32. The van der Waals surface area contributed by atoms with E-state index in [4.69, 9.17) is 5.41 Å². The molecule has 0 bridgehead atoms. The van der Waals surface area contributed by atoms with Crippen LogP contribution in [-0.2, 0) is 9.59 Å². The Kier molecular flexibility index (Phi) is 3.03. The van der Waals surface area contributed by atoms with E-state index in [1.54, 1.807) is 0 Å². The second-order valence-electron chi connectivity index (χ2n) is 5.47. The van der Waals surface area contributed by atoms with Crippen molar-refractivity contribution in [1.29, 1.82) is 5.41 Å². The predicted molar refractivity (Wildman–Crippen MR) is 62.3 cm³/mol. The molecule has 4 nitrogen and oxygen atoms in total. The van der Waals surface area contributed by atoms with Gasteiger partial charge in [0.1, 0.15) is 0 Å². The lowest BCUT2D eigenvalue weighted by atomic mass is 9.80. The van der Waals surface area contributed by atoms with Crippen LogP contribution in [0.5, 0.6) is 0 Å². The first-order valence-electron chi connectivity index (χ1n) is 5.27. The van der Waals surface area contributed by atoms with Crippen LogP contribution in [0.2, 0.25) is 0 Å². The fraction of sp³-hybridized carbons (Fsp3) is 0.583. The van der Waals surface area contributed by atoms with Gasteiger partial charge in [-0.3, -0.25) is 14.5 Å². The standard InChI is InChI=1S/C12H18N2O2/c1-11(2,8-13)7-12(3,4)14-9(15)5-6-10(14)16/h5-6,8,13H,7H2,1-4H3. The topological polar surface area (TPSA) is 61.2 Å². The summed E-state index contributed by atoms with van der Waals surface area (Å²) >= 11 is 0. The Balaban J connectivity index is 2.90. The highest BCUT2D eigenvalue weighted by Gasteiger charge is 2.40. The number of nitrogens with zero attached hydrogens (tertiary/aromatic N) is 1. The minimum absolute atomic E-state index is 0.268. The summed E-state index contributed by atoms with van der Waals surface area (Å²) < 4.78 is 0. The van der Waals surface area contributed by atoms with Gasteiger partial charge < -0.3 is 5.41 Å². The molecule has 0 saturated heterocycles. The van der Waals surface area contributed by atoms with E-state index in [9.17, 15) is 9.59 Å². The van der Waals surface area contributed by atoms with Gasteiger partial charge >= 0.3 is 0 Å². The molecular weight excluding hydrogens is 204 g/mol. The lowest BCUT2D eigenvalue weighted by Gasteiger charge is -2.38. The van der Waals surface area contributed by atoms with E-state index in [0.29, 0.717) is 6.42 Å². The lowest BCUT2D eigenvalue weighted by molar-refractivity contribution is -0.143. The average Bonchev–Trinajstić information content (AvgIpc) is 2.44. The van der Waals surface area contributed by atoms with E-state index in [0.717, 1.165) is 0 Å². The first-order chi connectivity index (χ1) is 7.19. The maximum absolute atomic E-state index is 11.6. The van der Waals surface area contributed by atoms with E-state index < -0.39 is 5.54 Å². The Hall–Kier alpha value is -1.45. The predicted octanol–water partition coefficient (Wildman–Crippen LogP) is 1.76. The normalized spacial score (nSPS) is 17.1. The van der Waals surface area contributed by atoms with Gasteiger partial charge in [-0.2, -0.15) is 0 Å². The molecule has 1 aliphatic rings. The Morgan fingerprint density at radius 2 is 1.62 bits per heavy atom. The highest BCUT2D eigenvalue weighted by molar-refractivity contribution is 6.13. The van der Waals surface area contributed by atoms with Crippen LogP contribution < -0.4 is 0 Å². The van der Waals surface area contributed by atoms with E-state index >= 15 is 0 Å². The van der Waals surface area contributed by atoms with Crippen molar-refractivity contribution >= 4 is 18.0 Å². The van der Waals surface area contributed by atoms with Gasteiger partial charge in [0.2, 0.25) is 0 Å². The minimum Gasteiger partial charge on any atom is -0.313 e. The molecule has 4 heteroatoms. The molecule has 0 atom stereocenters. The molecular formula is C12H18N2O2. The summed E-state index contributed by atoms with van der Waals surface area (Å²) in [5.74, 6) is -0.536. The largest absolute Gasteiger partial charge is 0.313 e. The fourth-order valence-electron chi connectivity index (χ4n) is 2.24. The molecule has 0 spiro atoms. The summed E-state index contributed by atoms with van der Waals surface area (Å²) in [6.07, 6.45) is 4.51. The van der Waals surface area contributed by atoms with Crippen LogP contribution in [0.3, 0.4) is 0 Å². The average molecular weight is 222 g/mol. The van der Waals surface area contributed by atoms with Crippen LogP contribution >= 0.6 is 0 Å². The molecule has 0 aromatic carbocycles. The summed E-state index contributed by atoms with van der Waals surface area (Å²) in [7, 11) is 0. The van der Waals surface area contributed by atoms with Crippen LogP contribution in [0.15, 0.2) is 12.2 Å². The van der Waals surface area contributed by atoms with Gasteiger partial charge in [-0.05, 0) is 20.3 Å². The molecule has 88 valence electrons. The van der Waals surface area contributed by atoms with E-state index in [-0.39, 0.29) is 17.2 Å². The van der Waals surface area contributed by atoms with Crippen molar-refractivity contribution < 1.29 is 9.59 Å². The maximum atomic E-state index is 11.6. The zero-order chi connectivity index (χ0) is 12.6. The number of amides is 2. The van der Waals surface area contributed by atoms with Gasteiger partial charge in [-0.1, -0.05) is 13.8 Å². The molecule has 1 rings (SSSR count). The molecule has 1 aliphatic heterocycles. The zero-order valence-electron chi connectivity index (χ0n) is 10.2. The quantitative estimate of drug-likeness (QED) is 0.582. The Labute approximate surface area is 95.8 Å². The lowest BCUT2D eigenvalue weighted by Crippen LogP contribution is -2.50. The summed E-state index contributed by atoms with van der Waals surface area (Å²) in [5.41, 5.74) is -0.897. The third-order valence-electron chi connectivity index (χ3n) is 2.69. The highest BCUT2D eigenvalue weighted by atomic mass is 16.2. The van der Waals surface area contributed by atoms with E-state index in [1.165, 1.54) is 23.3 Å². The van der Waals surface area contributed by atoms with Crippen molar-refractivity contribution in [1.82, 2.24) is 4.90 Å². The number of hydrogen-bond donors (Lipinski definition) is 1. The molecule has 0 saturated carbocycles. The van der Waals surface area contributed by atoms with Crippen molar-refractivity contribution in [3.05, 3.63) is 12.2 Å². The maximum Gasteiger partial charge on any atom is 0.254 e. The first-order valence-corrected chi connectivity index (χ1v) is 5.27. The zero-order valence-corrected chi connectivity index (χ0v) is 10.2. The SMILES string of the molecule is CC(C)(C=N)CC(C)(C)N1C(=O)C=CC1=O. The number of hydrogen-bond acceptors (Lipinski definition) is 3. The van der Waals surface area contributed by atoms with Crippen molar-refractivity contribution in [2.45, 2.75) is 39.7 Å². The second-order valence-corrected chi connectivity index (χ2v) is 5.47. The second kappa shape index (κ2) is 3.85. The fourth-order valence-corrected chi connectivity index (χ4v) is 2.24. The molecule has 1 heterocycles. The van der Waals surface area contributed by atoms with Gasteiger partial charge in [0.05, 0.1) is 0 Å². The summed E-state index contributed by atoms with van der Waals surface area (Å²) in [4.78, 5) is 24.4. The van der Waals surface area contributed by atoms with E-state index in [1.807, 2.05) is 27.7 Å². The first kappa shape index (κ1) is 12.6. The molecule has 0 unspecified atom stereocenters. The van der Waals surface area contributed by atoms with Crippen molar-refractivity contribution in [3.8, 4) is 0 Å². The number of nitrogens with one attached hydrogen (secondary N) is 1. The summed E-state index contributed by atoms with van der Waals surface area (Å²) in [6, 6.07) is 0. The van der Waals surface area contributed by atoms with E-state index in [2.05, 4.69) is 0 Å². The summed E-state index contributed by atoms with van der Waals surface area (Å²) in [5, 5.41) is 7.33. The number of imide groups is 1. The smallest absolute Gasteiger partial charge is 0.254 e. The monoisotopic (exact) mass is 222 g/mol. The molecule has 16 heavy (non-hydrogen) atoms. The van der Waals surface area contributed by atoms with Crippen LogP contribution in [0.1, 0.15) is 34.1 Å². The van der Waals surface area contributed by atoms with Gasteiger partial charge in [-0.25, -0.2) is 0 Å². The molecule has 1 N–H and O–H groups in total. The van der Waals surface area contributed by atoms with Gasteiger partial charge in [0.25, 0.3) is 11.8 Å². The molecule has 0 fully saturated rings. The number of carbonyl (C=O) groups is 2. The van der Waals surface area contributed by atoms with Crippen LogP contribution in [0.4, 0.5) is 0 Å². The van der Waals surface area contributed by atoms with Gasteiger partial charge in [-0.15, -0.1) is 0 Å². The Morgan fingerprint density at radius 1 is 1.19 bits per heavy atom. The van der Waals surface area contributed by atoms with Crippen molar-refractivity contribution in [2.24, 2.45) is 5.41 Å². The summed E-state index contributed by atoms with van der Waals surface area (Å²) in [6.45, 7) is 7.53. The molecule has 0 radical (unpaired) electrons.